The molecule has 0 fully saturated rings. The van der Waals surface area contributed by atoms with Gasteiger partial charge in [-0.2, -0.15) is 4.57 Å². The number of unbranched alkanes of at least 4 members (excludes halogenated alkanes) is 3. The first-order chi connectivity index (χ1) is 26.0. The standard InChI is InChI=1S/C48H51O4P/c1-4-7-22-37-25-10-13-28-40(37)43-31-16-19-34-46(43)50-53(49,51-47-35-20-17-32-44(47)41-29-14-11-26-38(41)23-8-5-2)52-48-36-21-18-33-45(48)42-30-15-12-27-39(42)24-9-6-3/h10-21,25-36H,4-9,22-24H2,1-3H3. The maximum Gasteiger partial charge on any atom is 0.647 e. The molecule has 0 aliphatic carbocycles. The quantitative estimate of drug-likeness (QED) is 0.0829. The van der Waals surface area contributed by atoms with E-state index in [1.54, 1.807) is 0 Å². The highest BCUT2D eigenvalue weighted by atomic mass is 31.2. The molecule has 0 unspecified atom stereocenters. The van der Waals surface area contributed by atoms with E-state index >= 15 is 4.57 Å². The minimum atomic E-state index is -4.44. The summed E-state index contributed by atoms with van der Waals surface area (Å²) >= 11 is 0. The number of hydrogen-bond acceptors (Lipinski definition) is 4. The van der Waals surface area contributed by atoms with Crippen molar-refractivity contribution in [3.63, 3.8) is 0 Å². The van der Waals surface area contributed by atoms with E-state index in [1.807, 2.05) is 91.0 Å². The first-order valence-corrected chi connectivity index (χ1v) is 20.7. The summed E-state index contributed by atoms with van der Waals surface area (Å²) < 4.78 is 35.5. The summed E-state index contributed by atoms with van der Waals surface area (Å²) in [5, 5.41) is 0. The summed E-state index contributed by atoms with van der Waals surface area (Å²) in [6, 6.07) is 48.3. The van der Waals surface area contributed by atoms with Crippen LogP contribution < -0.4 is 13.6 Å². The lowest BCUT2D eigenvalue weighted by Crippen LogP contribution is -2.10. The Balaban J connectivity index is 1.47. The second kappa shape index (κ2) is 18.6. The summed E-state index contributed by atoms with van der Waals surface area (Å²) in [6.07, 6.45) is 9.26. The van der Waals surface area contributed by atoms with Gasteiger partial charge in [-0.3, -0.25) is 0 Å². The highest BCUT2D eigenvalue weighted by Gasteiger charge is 2.36. The molecule has 0 radical (unpaired) electrons. The van der Waals surface area contributed by atoms with Crippen LogP contribution in [-0.4, -0.2) is 0 Å². The zero-order valence-electron chi connectivity index (χ0n) is 31.3. The van der Waals surface area contributed by atoms with Gasteiger partial charge in [0.25, 0.3) is 0 Å². The van der Waals surface area contributed by atoms with Gasteiger partial charge in [0.2, 0.25) is 0 Å². The largest absolute Gasteiger partial charge is 0.647 e. The molecular formula is C48H51O4P. The van der Waals surface area contributed by atoms with Crippen molar-refractivity contribution in [3.05, 3.63) is 162 Å². The first-order valence-electron chi connectivity index (χ1n) is 19.2. The monoisotopic (exact) mass is 722 g/mol. The van der Waals surface area contributed by atoms with Crippen LogP contribution in [-0.2, 0) is 23.8 Å². The third-order valence-electron chi connectivity index (χ3n) is 9.61. The molecule has 0 N–H and O–H groups in total. The Labute approximate surface area is 316 Å². The predicted molar refractivity (Wildman–Crippen MR) is 221 cm³/mol. The van der Waals surface area contributed by atoms with Crippen molar-refractivity contribution < 1.29 is 18.1 Å². The predicted octanol–water partition coefficient (Wildman–Crippen LogP) is 14.4. The number of hydrogen-bond donors (Lipinski definition) is 0. The molecule has 6 rings (SSSR count). The summed E-state index contributed by atoms with van der Waals surface area (Å²) in [7, 11) is -4.44. The van der Waals surface area contributed by atoms with Crippen LogP contribution in [0.1, 0.15) is 76.0 Å². The molecule has 0 aliphatic rings. The first kappa shape index (κ1) is 37.7. The van der Waals surface area contributed by atoms with Crippen LogP contribution in [0.3, 0.4) is 0 Å². The van der Waals surface area contributed by atoms with E-state index in [1.165, 1.54) is 16.7 Å². The van der Waals surface area contributed by atoms with Crippen LogP contribution in [0.2, 0.25) is 0 Å². The molecule has 53 heavy (non-hydrogen) atoms. The minimum absolute atomic E-state index is 0.432. The SMILES string of the molecule is CCCCc1ccccc1-c1ccccc1OP(=O)(Oc1ccccc1-c1ccccc1CCCC)Oc1ccccc1-c1ccccc1CCCC. The van der Waals surface area contributed by atoms with Gasteiger partial charge in [0.1, 0.15) is 17.2 Å². The van der Waals surface area contributed by atoms with Crippen molar-refractivity contribution in [1.82, 2.24) is 0 Å². The molecule has 0 bridgehead atoms. The number of rotatable bonds is 18. The third-order valence-corrected chi connectivity index (χ3v) is 10.9. The topological polar surface area (TPSA) is 44.8 Å². The van der Waals surface area contributed by atoms with Crippen LogP contribution in [0.5, 0.6) is 17.2 Å². The van der Waals surface area contributed by atoms with Crippen molar-refractivity contribution in [2.75, 3.05) is 0 Å². The van der Waals surface area contributed by atoms with E-state index in [0.29, 0.717) is 17.2 Å². The van der Waals surface area contributed by atoms with Crippen molar-refractivity contribution in [3.8, 4) is 50.6 Å². The maximum atomic E-state index is 15.6. The van der Waals surface area contributed by atoms with Gasteiger partial charge in [-0.15, -0.1) is 0 Å². The molecule has 272 valence electrons. The minimum Gasteiger partial charge on any atom is -0.385 e. The molecule has 0 saturated heterocycles. The highest BCUT2D eigenvalue weighted by Crippen LogP contribution is 2.54. The molecule has 0 spiro atoms. The Bertz CT molecular complexity index is 1900. The van der Waals surface area contributed by atoms with Crippen LogP contribution in [0.15, 0.2) is 146 Å². The van der Waals surface area contributed by atoms with Gasteiger partial charge in [0.15, 0.2) is 0 Å². The van der Waals surface area contributed by atoms with Crippen LogP contribution >= 0.6 is 7.82 Å². The molecular weight excluding hydrogens is 671 g/mol. The van der Waals surface area contributed by atoms with E-state index in [-0.39, 0.29) is 0 Å². The molecule has 0 atom stereocenters. The van der Waals surface area contributed by atoms with Gasteiger partial charge >= 0.3 is 7.82 Å². The molecule has 0 saturated carbocycles. The second-order valence-electron chi connectivity index (χ2n) is 13.5. The number of phosphoric acid groups is 1. The number of benzene rings is 6. The molecule has 6 aromatic rings. The normalized spacial score (nSPS) is 11.3. The maximum absolute atomic E-state index is 15.6. The van der Waals surface area contributed by atoms with E-state index in [0.717, 1.165) is 91.2 Å². The number of aryl methyl sites for hydroxylation is 3. The zero-order chi connectivity index (χ0) is 36.9. The molecule has 0 aromatic heterocycles. The molecule has 6 aromatic carbocycles. The van der Waals surface area contributed by atoms with E-state index in [9.17, 15) is 0 Å². The third kappa shape index (κ3) is 9.50. The Hall–Kier alpha value is -5.05. The van der Waals surface area contributed by atoms with Crippen molar-refractivity contribution in [2.45, 2.75) is 78.6 Å². The Morgan fingerprint density at radius 1 is 0.358 bits per heavy atom. The lowest BCUT2D eigenvalue weighted by atomic mass is 9.96. The molecule has 0 heterocycles. The number of phosphoric ester groups is 1. The van der Waals surface area contributed by atoms with Crippen LogP contribution in [0.25, 0.3) is 33.4 Å². The van der Waals surface area contributed by atoms with Gasteiger partial charge in [0.05, 0.1) is 0 Å². The fraction of sp³-hybridized carbons (Fsp3) is 0.250. The fourth-order valence-corrected chi connectivity index (χ4v) is 8.14. The Kier molecular flexibility index (Phi) is 13.2. The average molecular weight is 723 g/mol. The summed E-state index contributed by atoms with van der Waals surface area (Å²) in [6.45, 7) is 6.60. The average Bonchev–Trinajstić information content (AvgIpc) is 3.19. The van der Waals surface area contributed by atoms with Gasteiger partial charge in [-0.1, -0.05) is 167 Å². The van der Waals surface area contributed by atoms with Gasteiger partial charge < -0.3 is 13.6 Å². The smallest absolute Gasteiger partial charge is 0.385 e. The molecule has 5 heteroatoms. The lowest BCUT2D eigenvalue weighted by Gasteiger charge is -2.24. The summed E-state index contributed by atoms with van der Waals surface area (Å²) in [4.78, 5) is 0. The van der Waals surface area contributed by atoms with Crippen LogP contribution in [0.4, 0.5) is 0 Å². The molecule has 0 aliphatic heterocycles. The van der Waals surface area contributed by atoms with Crippen molar-refractivity contribution in [1.29, 1.82) is 0 Å². The number of para-hydroxylation sites is 3. The van der Waals surface area contributed by atoms with E-state index < -0.39 is 7.82 Å². The zero-order valence-corrected chi connectivity index (χ0v) is 32.2. The summed E-state index contributed by atoms with van der Waals surface area (Å²) in [5.74, 6) is 1.30. The lowest BCUT2D eigenvalue weighted by molar-refractivity contribution is 0.299. The van der Waals surface area contributed by atoms with Gasteiger partial charge in [-0.25, -0.2) is 0 Å². The second-order valence-corrected chi connectivity index (χ2v) is 14.9. The van der Waals surface area contributed by atoms with Crippen LogP contribution in [0, 0.1) is 0 Å². The van der Waals surface area contributed by atoms with E-state index in [2.05, 4.69) is 75.4 Å². The fourth-order valence-electron chi connectivity index (χ4n) is 6.83. The Morgan fingerprint density at radius 3 is 0.887 bits per heavy atom. The molecule has 0 amide bonds. The van der Waals surface area contributed by atoms with Crippen molar-refractivity contribution in [2.24, 2.45) is 0 Å². The van der Waals surface area contributed by atoms with E-state index in [4.69, 9.17) is 13.6 Å². The van der Waals surface area contributed by atoms with Crippen molar-refractivity contribution >= 4 is 7.82 Å². The highest BCUT2D eigenvalue weighted by molar-refractivity contribution is 7.49. The molecule has 4 nitrogen and oxygen atoms in total. The van der Waals surface area contributed by atoms with Gasteiger partial charge in [-0.05, 0) is 90.1 Å². The summed E-state index contributed by atoms with van der Waals surface area (Å²) in [5.41, 5.74) is 9.27. The van der Waals surface area contributed by atoms with Gasteiger partial charge in [0, 0.05) is 16.7 Å². The Morgan fingerprint density at radius 2 is 0.604 bits per heavy atom.